The largest absolute Gasteiger partial charge is 0.342 e. The smallest absolute Gasteiger partial charge is 0.228 e. The zero-order chi connectivity index (χ0) is 16.2. The molecule has 2 saturated heterocycles. The Balaban J connectivity index is 1.85. The first-order chi connectivity index (χ1) is 11.2. The van der Waals surface area contributed by atoms with Crippen LogP contribution in [0.5, 0.6) is 0 Å². The summed E-state index contributed by atoms with van der Waals surface area (Å²) in [6, 6.07) is 9.86. The second kappa shape index (κ2) is 7.16. The first kappa shape index (κ1) is 16.0. The van der Waals surface area contributed by atoms with Crippen LogP contribution < -0.4 is 0 Å². The molecule has 0 N–H and O–H groups in total. The van der Waals surface area contributed by atoms with Crippen LogP contribution in [0.2, 0.25) is 0 Å². The molecule has 23 heavy (non-hydrogen) atoms. The minimum absolute atomic E-state index is 0.113. The Morgan fingerprint density at radius 3 is 2.35 bits per heavy atom. The minimum Gasteiger partial charge on any atom is -0.342 e. The molecule has 4 heteroatoms. The number of piperidine rings is 1. The van der Waals surface area contributed by atoms with Crippen molar-refractivity contribution in [3.05, 3.63) is 35.9 Å². The average molecular weight is 314 g/mol. The van der Waals surface area contributed by atoms with Gasteiger partial charge in [-0.3, -0.25) is 9.59 Å². The topological polar surface area (TPSA) is 40.6 Å². The lowest BCUT2D eigenvalue weighted by molar-refractivity contribution is -0.146. The van der Waals surface area contributed by atoms with Crippen molar-refractivity contribution in [2.75, 3.05) is 20.1 Å². The Morgan fingerprint density at radius 1 is 1.04 bits per heavy atom. The van der Waals surface area contributed by atoms with E-state index in [0.717, 1.165) is 31.5 Å². The Morgan fingerprint density at radius 2 is 1.70 bits per heavy atom. The SMILES string of the molecule is CN1C(=O)CCC(C(=O)N2CCCCCC2)C1c1ccccc1. The van der Waals surface area contributed by atoms with Crippen LogP contribution in [0, 0.1) is 5.92 Å². The normalized spacial score (nSPS) is 26.0. The van der Waals surface area contributed by atoms with Crippen molar-refractivity contribution in [3.63, 3.8) is 0 Å². The number of carbonyl (C=O) groups excluding carboxylic acids is 2. The van der Waals surface area contributed by atoms with Crippen molar-refractivity contribution >= 4 is 11.8 Å². The summed E-state index contributed by atoms with van der Waals surface area (Å²) in [6.07, 6.45) is 5.78. The van der Waals surface area contributed by atoms with E-state index in [1.165, 1.54) is 12.8 Å². The van der Waals surface area contributed by atoms with E-state index in [1.807, 2.05) is 42.3 Å². The number of likely N-dealkylation sites (tertiary alicyclic amines) is 2. The standard InChI is InChI=1S/C19H26N2O2/c1-20-17(22)12-11-16(18(20)15-9-5-4-6-10-15)19(23)21-13-7-2-3-8-14-21/h4-6,9-10,16,18H,2-3,7-8,11-14H2,1H3. The first-order valence-corrected chi connectivity index (χ1v) is 8.78. The van der Waals surface area contributed by atoms with Crippen molar-refractivity contribution < 1.29 is 9.59 Å². The molecule has 2 amide bonds. The Bertz CT molecular complexity index is 550. The maximum absolute atomic E-state index is 13.1. The molecule has 0 aromatic heterocycles. The highest BCUT2D eigenvalue weighted by molar-refractivity contribution is 5.85. The molecule has 0 spiro atoms. The van der Waals surface area contributed by atoms with Gasteiger partial charge < -0.3 is 9.80 Å². The Labute approximate surface area is 138 Å². The summed E-state index contributed by atoms with van der Waals surface area (Å²) in [7, 11) is 1.84. The molecule has 0 aliphatic carbocycles. The van der Waals surface area contributed by atoms with E-state index in [1.54, 1.807) is 4.90 Å². The van der Waals surface area contributed by atoms with Gasteiger partial charge in [0.05, 0.1) is 12.0 Å². The maximum atomic E-state index is 13.1. The summed E-state index contributed by atoms with van der Waals surface area (Å²) in [5.41, 5.74) is 1.07. The van der Waals surface area contributed by atoms with Crippen LogP contribution in [-0.2, 0) is 9.59 Å². The second-order valence-electron chi connectivity index (χ2n) is 6.74. The van der Waals surface area contributed by atoms with Gasteiger partial charge in [-0.1, -0.05) is 43.2 Å². The summed E-state index contributed by atoms with van der Waals surface area (Å²) in [4.78, 5) is 29.1. The lowest BCUT2D eigenvalue weighted by Crippen LogP contribution is -2.47. The third kappa shape index (κ3) is 3.41. The molecule has 3 rings (SSSR count). The van der Waals surface area contributed by atoms with Crippen molar-refractivity contribution in [1.29, 1.82) is 0 Å². The van der Waals surface area contributed by atoms with Crippen LogP contribution in [0.3, 0.4) is 0 Å². The molecule has 124 valence electrons. The van der Waals surface area contributed by atoms with Crippen LogP contribution in [0.4, 0.5) is 0 Å². The molecule has 2 aliphatic rings. The molecule has 0 radical (unpaired) electrons. The van der Waals surface area contributed by atoms with E-state index < -0.39 is 0 Å². The second-order valence-corrected chi connectivity index (χ2v) is 6.74. The molecule has 2 aliphatic heterocycles. The van der Waals surface area contributed by atoms with Gasteiger partial charge in [-0.25, -0.2) is 0 Å². The molecule has 1 aromatic rings. The Hall–Kier alpha value is -1.84. The van der Waals surface area contributed by atoms with Gasteiger partial charge in [0.25, 0.3) is 0 Å². The number of rotatable bonds is 2. The van der Waals surface area contributed by atoms with Crippen molar-refractivity contribution in [1.82, 2.24) is 9.80 Å². The number of hydrogen-bond acceptors (Lipinski definition) is 2. The molecular weight excluding hydrogens is 288 g/mol. The zero-order valence-corrected chi connectivity index (χ0v) is 13.9. The molecular formula is C19H26N2O2. The van der Waals surface area contributed by atoms with Crippen LogP contribution in [0.15, 0.2) is 30.3 Å². The third-order valence-corrected chi connectivity index (χ3v) is 5.24. The highest BCUT2D eigenvalue weighted by Crippen LogP contribution is 2.37. The van der Waals surface area contributed by atoms with E-state index in [-0.39, 0.29) is 23.8 Å². The number of carbonyl (C=O) groups is 2. The number of hydrogen-bond donors (Lipinski definition) is 0. The van der Waals surface area contributed by atoms with Gasteiger partial charge in [-0.05, 0) is 24.8 Å². The highest BCUT2D eigenvalue weighted by Gasteiger charge is 2.40. The summed E-state index contributed by atoms with van der Waals surface area (Å²) in [5, 5.41) is 0. The Kier molecular flexibility index (Phi) is 4.99. The van der Waals surface area contributed by atoms with Crippen LogP contribution in [0.25, 0.3) is 0 Å². The fourth-order valence-electron chi connectivity index (χ4n) is 3.93. The summed E-state index contributed by atoms with van der Waals surface area (Å²) in [6.45, 7) is 1.74. The number of nitrogens with zero attached hydrogens (tertiary/aromatic N) is 2. The van der Waals surface area contributed by atoms with Gasteiger partial charge in [0.1, 0.15) is 0 Å². The molecule has 0 bridgehead atoms. The molecule has 0 saturated carbocycles. The molecule has 2 unspecified atom stereocenters. The lowest BCUT2D eigenvalue weighted by atomic mass is 9.83. The van der Waals surface area contributed by atoms with Crippen molar-refractivity contribution in [3.8, 4) is 0 Å². The molecule has 2 atom stereocenters. The lowest BCUT2D eigenvalue weighted by Gasteiger charge is -2.40. The zero-order valence-electron chi connectivity index (χ0n) is 13.9. The van der Waals surface area contributed by atoms with Gasteiger partial charge in [0.15, 0.2) is 0 Å². The monoisotopic (exact) mass is 314 g/mol. The molecule has 2 fully saturated rings. The maximum Gasteiger partial charge on any atom is 0.228 e. The van der Waals surface area contributed by atoms with Gasteiger partial charge in [0, 0.05) is 26.6 Å². The van der Waals surface area contributed by atoms with Crippen LogP contribution in [0.1, 0.15) is 50.1 Å². The summed E-state index contributed by atoms with van der Waals surface area (Å²) >= 11 is 0. The predicted octanol–water partition coefficient (Wildman–Crippen LogP) is 3.00. The molecule has 4 nitrogen and oxygen atoms in total. The van der Waals surface area contributed by atoms with E-state index in [0.29, 0.717) is 12.8 Å². The van der Waals surface area contributed by atoms with Gasteiger partial charge in [0.2, 0.25) is 11.8 Å². The van der Waals surface area contributed by atoms with Gasteiger partial charge in [-0.2, -0.15) is 0 Å². The summed E-state index contributed by atoms with van der Waals surface area (Å²) in [5.74, 6) is 0.261. The van der Waals surface area contributed by atoms with Gasteiger partial charge >= 0.3 is 0 Å². The number of benzene rings is 1. The van der Waals surface area contributed by atoms with E-state index in [4.69, 9.17) is 0 Å². The third-order valence-electron chi connectivity index (χ3n) is 5.24. The van der Waals surface area contributed by atoms with E-state index in [9.17, 15) is 9.59 Å². The van der Waals surface area contributed by atoms with E-state index >= 15 is 0 Å². The minimum atomic E-state index is -0.131. The summed E-state index contributed by atoms with van der Waals surface area (Å²) < 4.78 is 0. The van der Waals surface area contributed by atoms with Crippen LogP contribution in [-0.4, -0.2) is 41.8 Å². The molecule has 2 heterocycles. The predicted molar refractivity (Wildman–Crippen MR) is 89.7 cm³/mol. The average Bonchev–Trinajstić information content (AvgIpc) is 2.86. The highest BCUT2D eigenvalue weighted by atomic mass is 16.2. The van der Waals surface area contributed by atoms with Crippen molar-refractivity contribution in [2.45, 2.75) is 44.6 Å². The van der Waals surface area contributed by atoms with E-state index in [2.05, 4.69) is 0 Å². The van der Waals surface area contributed by atoms with Crippen molar-refractivity contribution in [2.24, 2.45) is 5.92 Å². The molecule has 1 aromatic carbocycles. The fourth-order valence-corrected chi connectivity index (χ4v) is 3.93. The fraction of sp³-hybridized carbons (Fsp3) is 0.579. The van der Waals surface area contributed by atoms with Crippen LogP contribution >= 0.6 is 0 Å². The first-order valence-electron chi connectivity index (χ1n) is 8.78. The van der Waals surface area contributed by atoms with Gasteiger partial charge in [-0.15, -0.1) is 0 Å². The number of amides is 2. The quantitative estimate of drug-likeness (QED) is 0.842.